The molecule has 0 saturated heterocycles. The number of carbonyl (C=O) groups is 2. The summed E-state index contributed by atoms with van der Waals surface area (Å²) in [5.74, 6) is 5.21. The third-order valence-corrected chi connectivity index (χ3v) is 2.78. The summed E-state index contributed by atoms with van der Waals surface area (Å²) in [5, 5.41) is 2.74. The normalized spacial score (nSPS) is 9.48. The highest BCUT2D eigenvalue weighted by Gasteiger charge is 2.16. The number of nitrogens with one attached hydrogen (secondary N) is 1. The molecule has 0 aromatic heterocycles. The summed E-state index contributed by atoms with van der Waals surface area (Å²) in [6.45, 7) is 2.84. The van der Waals surface area contributed by atoms with Crippen LogP contribution in [0.4, 0.5) is 0 Å². The molecule has 0 heterocycles. The molecule has 0 aliphatic carbocycles. The van der Waals surface area contributed by atoms with Crippen molar-refractivity contribution in [1.29, 1.82) is 0 Å². The molecule has 0 aliphatic heterocycles. The molecule has 0 atom stereocenters. The van der Waals surface area contributed by atoms with Gasteiger partial charge in [-0.05, 0) is 18.6 Å². The number of hydrogen-bond acceptors (Lipinski definition) is 3. The van der Waals surface area contributed by atoms with Crippen LogP contribution < -0.4 is 11.1 Å². The highest BCUT2D eigenvalue weighted by atomic mass is 16.2. The van der Waals surface area contributed by atoms with Crippen LogP contribution in [0.2, 0.25) is 0 Å². The summed E-state index contributed by atoms with van der Waals surface area (Å²) in [6.07, 6.45) is 0.862. The Hall–Kier alpha value is -2.32. The molecule has 1 aromatic carbocycles. The number of nitrogens with zero attached hydrogens (tertiary/aromatic N) is 1. The van der Waals surface area contributed by atoms with Gasteiger partial charge in [0, 0.05) is 19.2 Å². The first-order valence-corrected chi connectivity index (χ1v) is 6.90. The van der Waals surface area contributed by atoms with Crippen LogP contribution in [0.1, 0.15) is 29.3 Å². The van der Waals surface area contributed by atoms with Gasteiger partial charge < -0.3 is 16.0 Å². The Bertz CT molecular complexity index is 558. The molecular weight excluding hydrogens is 266 g/mol. The van der Waals surface area contributed by atoms with Gasteiger partial charge in [0.2, 0.25) is 5.91 Å². The Labute approximate surface area is 125 Å². The summed E-state index contributed by atoms with van der Waals surface area (Å²) in [7, 11) is 1.60. The lowest BCUT2D eigenvalue weighted by molar-refractivity contribution is -0.121. The summed E-state index contributed by atoms with van der Waals surface area (Å²) in [4.78, 5) is 25.4. The second-order valence-electron chi connectivity index (χ2n) is 4.56. The number of nitrogens with two attached hydrogens (primary N) is 1. The van der Waals surface area contributed by atoms with Crippen molar-refractivity contribution < 1.29 is 9.59 Å². The number of rotatable bonds is 5. The average Bonchev–Trinajstić information content (AvgIpc) is 2.50. The van der Waals surface area contributed by atoms with Gasteiger partial charge >= 0.3 is 0 Å². The van der Waals surface area contributed by atoms with E-state index in [2.05, 4.69) is 17.2 Å². The zero-order valence-corrected chi connectivity index (χ0v) is 12.5. The SMILES string of the molecule is CCCNC(=O)CN(C)C(=O)c1ccccc1C#CCN. The third kappa shape index (κ3) is 5.28. The third-order valence-electron chi connectivity index (χ3n) is 2.78. The number of benzene rings is 1. The topological polar surface area (TPSA) is 75.4 Å². The first-order valence-electron chi connectivity index (χ1n) is 6.90. The Balaban J connectivity index is 2.81. The zero-order valence-electron chi connectivity index (χ0n) is 12.5. The molecule has 0 radical (unpaired) electrons. The summed E-state index contributed by atoms with van der Waals surface area (Å²) < 4.78 is 0. The molecule has 1 rings (SSSR count). The zero-order chi connectivity index (χ0) is 15.7. The van der Waals surface area contributed by atoms with E-state index < -0.39 is 0 Å². The van der Waals surface area contributed by atoms with E-state index in [1.807, 2.05) is 13.0 Å². The lowest BCUT2D eigenvalue weighted by Gasteiger charge is -2.17. The molecule has 5 nitrogen and oxygen atoms in total. The number of hydrogen-bond donors (Lipinski definition) is 2. The fraction of sp³-hybridized carbons (Fsp3) is 0.375. The number of carbonyl (C=O) groups excluding carboxylic acids is 2. The van der Waals surface area contributed by atoms with Crippen LogP contribution in [-0.2, 0) is 4.79 Å². The van der Waals surface area contributed by atoms with Crippen LogP contribution in [0, 0.1) is 11.8 Å². The molecule has 0 aliphatic rings. The second kappa shape index (κ2) is 8.77. The van der Waals surface area contributed by atoms with E-state index in [1.54, 1.807) is 25.2 Å². The molecule has 0 unspecified atom stereocenters. The Kier molecular flexibility index (Phi) is 6.99. The minimum atomic E-state index is -0.233. The van der Waals surface area contributed by atoms with Crippen LogP contribution in [-0.4, -0.2) is 43.4 Å². The summed E-state index contributed by atoms with van der Waals surface area (Å²) in [5.41, 5.74) is 6.45. The molecule has 5 heteroatoms. The van der Waals surface area contributed by atoms with Gasteiger partial charge in [-0.25, -0.2) is 0 Å². The molecule has 0 fully saturated rings. The quantitative estimate of drug-likeness (QED) is 0.779. The van der Waals surface area contributed by atoms with Crippen molar-refractivity contribution in [2.75, 3.05) is 26.7 Å². The maximum Gasteiger partial charge on any atom is 0.255 e. The van der Waals surface area contributed by atoms with Gasteiger partial charge in [-0.1, -0.05) is 30.9 Å². The van der Waals surface area contributed by atoms with E-state index in [0.717, 1.165) is 6.42 Å². The molecular formula is C16H21N3O2. The van der Waals surface area contributed by atoms with Crippen LogP contribution in [0.3, 0.4) is 0 Å². The smallest absolute Gasteiger partial charge is 0.255 e. The van der Waals surface area contributed by atoms with Crippen LogP contribution in [0.25, 0.3) is 0 Å². The summed E-state index contributed by atoms with van der Waals surface area (Å²) in [6, 6.07) is 7.04. The lowest BCUT2D eigenvalue weighted by Crippen LogP contribution is -2.38. The van der Waals surface area contributed by atoms with Crippen LogP contribution in [0.5, 0.6) is 0 Å². The van der Waals surface area contributed by atoms with Crippen molar-refractivity contribution in [2.24, 2.45) is 5.73 Å². The fourth-order valence-electron chi connectivity index (χ4n) is 1.74. The molecule has 112 valence electrons. The van der Waals surface area contributed by atoms with Crippen molar-refractivity contribution in [3.05, 3.63) is 35.4 Å². The molecule has 0 spiro atoms. The first-order chi connectivity index (χ1) is 10.1. The van der Waals surface area contributed by atoms with E-state index in [0.29, 0.717) is 17.7 Å². The highest BCUT2D eigenvalue weighted by molar-refractivity contribution is 5.98. The summed E-state index contributed by atoms with van der Waals surface area (Å²) >= 11 is 0. The van der Waals surface area contributed by atoms with E-state index in [4.69, 9.17) is 5.73 Å². The Morgan fingerprint density at radius 1 is 1.33 bits per heavy atom. The lowest BCUT2D eigenvalue weighted by atomic mass is 10.1. The van der Waals surface area contributed by atoms with Gasteiger partial charge in [0.25, 0.3) is 5.91 Å². The molecule has 2 amide bonds. The number of likely N-dealkylation sites (N-methyl/N-ethyl adjacent to an activating group) is 1. The van der Waals surface area contributed by atoms with Crippen molar-refractivity contribution in [3.8, 4) is 11.8 Å². The minimum Gasteiger partial charge on any atom is -0.355 e. The van der Waals surface area contributed by atoms with Crippen LogP contribution in [0.15, 0.2) is 24.3 Å². The minimum absolute atomic E-state index is 0.0253. The fourth-order valence-corrected chi connectivity index (χ4v) is 1.74. The predicted octanol–water partition coefficient (Wildman–Crippen LogP) is 0.595. The maximum atomic E-state index is 12.4. The highest BCUT2D eigenvalue weighted by Crippen LogP contribution is 2.10. The number of amides is 2. The van der Waals surface area contributed by atoms with Crippen molar-refractivity contribution in [3.63, 3.8) is 0 Å². The van der Waals surface area contributed by atoms with E-state index in [1.165, 1.54) is 4.90 Å². The average molecular weight is 287 g/mol. The van der Waals surface area contributed by atoms with Gasteiger partial charge in [-0.2, -0.15) is 0 Å². The Morgan fingerprint density at radius 3 is 2.71 bits per heavy atom. The van der Waals surface area contributed by atoms with E-state index >= 15 is 0 Å². The van der Waals surface area contributed by atoms with Gasteiger partial charge in [-0.15, -0.1) is 0 Å². The molecule has 1 aromatic rings. The molecule has 21 heavy (non-hydrogen) atoms. The van der Waals surface area contributed by atoms with Gasteiger partial charge in [0.1, 0.15) is 0 Å². The monoisotopic (exact) mass is 287 g/mol. The molecule has 3 N–H and O–H groups in total. The van der Waals surface area contributed by atoms with Gasteiger partial charge in [-0.3, -0.25) is 9.59 Å². The standard InChI is InChI=1S/C16H21N3O2/c1-3-11-18-15(20)12-19(2)16(21)14-9-5-4-7-13(14)8-6-10-17/h4-5,7,9H,3,10-12,17H2,1-2H3,(H,18,20). The van der Waals surface area contributed by atoms with Crippen molar-refractivity contribution in [1.82, 2.24) is 10.2 Å². The molecule has 0 saturated carbocycles. The van der Waals surface area contributed by atoms with Gasteiger partial charge in [0.15, 0.2) is 0 Å². The maximum absolute atomic E-state index is 12.4. The van der Waals surface area contributed by atoms with E-state index in [-0.39, 0.29) is 24.9 Å². The van der Waals surface area contributed by atoms with Gasteiger partial charge in [0.05, 0.1) is 18.7 Å². The first kappa shape index (κ1) is 16.7. The van der Waals surface area contributed by atoms with E-state index in [9.17, 15) is 9.59 Å². The predicted molar refractivity (Wildman–Crippen MR) is 82.6 cm³/mol. The van der Waals surface area contributed by atoms with Crippen molar-refractivity contribution >= 4 is 11.8 Å². The molecule has 0 bridgehead atoms. The van der Waals surface area contributed by atoms with Crippen molar-refractivity contribution in [2.45, 2.75) is 13.3 Å². The van der Waals surface area contributed by atoms with Crippen LogP contribution >= 0.6 is 0 Å². The largest absolute Gasteiger partial charge is 0.355 e. The second-order valence-corrected chi connectivity index (χ2v) is 4.56. The Morgan fingerprint density at radius 2 is 2.05 bits per heavy atom.